The van der Waals surface area contributed by atoms with Crippen molar-refractivity contribution in [2.45, 2.75) is 53.0 Å². The Labute approximate surface area is 127 Å². The van der Waals surface area contributed by atoms with Crippen molar-refractivity contribution in [3.63, 3.8) is 0 Å². The zero-order valence-corrected chi connectivity index (χ0v) is 13.2. The first-order chi connectivity index (χ1) is 10.2. The molecule has 0 bridgehead atoms. The van der Waals surface area contributed by atoms with E-state index in [1.54, 1.807) is 6.92 Å². The molecule has 2 aromatic rings. The van der Waals surface area contributed by atoms with Crippen LogP contribution in [0.5, 0.6) is 0 Å². The van der Waals surface area contributed by atoms with Crippen LogP contribution in [0.25, 0.3) is 0 Å². The first kappa shape index (κ1) is 15.5. The average molecular weight is 284 g/mol. The third kappa shape index (κ3) is 3.60. The number of aromatic nitrogens is 2. The molecule has 1 aromatic carbocycles. The van der Waals surface area contributed by atoms with E-state index >= 15 is 0 Å². The van der Waals surface area contributed by atoms with E-state index in [1.807, 2.05) is 10.7 Å². The van der Waals surface area contributed by atoms with Gasteiger partial charge in [-0.1, -0.05) is 44.2 Å². The lowest BCUT2D eigenvalue weighted by molar-refractivity contribution is 0.101. The molecular formula is C18H24N2O. The van der Waals surface area contributed by atoms with E-state index in [0.717, 1.165) is 49.2 Å². The summed E-state index contributed by atoms with van der Waals surface area (Å²) in [6.45, 7) is 6.67. The number of Topliss-reactive ketones (excluding diaryl/α,β-unsaturated/α-hetero) is 1. The van der Waals surface area contributed by atoms with Crippen molar-refractivity contribution in [3.05, 3.63) is 52.8 Å². The van der Waals surface area contributed by atoms with Gasteiger partial charge in [-0.2, -0.15) is 5.10 Å². The van der Waals surface area contributed by atoms with Gasteiger partial charge in [-0.05, 0) is 38.2 Å². The van der Waals surface area contributed by atoms with Crippen molar-refractivity contribution >= 4 is 5.78 Å². The van der Waals surface area contributed by atoms with E-state index in [-0.39, 0.29) is 5.78 Å². The average Bonchev–Trinajstić information content (AvgIpc) is 2.86. The van der Waals surface area contributed by atoms with Crippen molar-refractivity contribution in [1.82, 2.24) is 9.78 Å². The van der Waals surface area contributed by atoms with Crippen LogP contribution in [0.3, 0.4) is 0 Å². The molecule has 1 heterocycles. The molecule has 21 heavy (non-hydrogen) atoms. The van der Waals surface area contributed by atoms with Gasteiger partial charge in [0.05, 0.1) is 11.3 Å². The lowest BCUT2D eigenvalue weighted by atomic mass is 10.1. The third-order valence-corrected chi connectivity index (χ3v) is 3.83. The van der Waals surface area contributed by atoms with Crippen molar-refractivity contribution < 1.29 is 4.79 Å². The zero-order valence-electron chi connectivity index (χ0n) is 13.2. The highest BCUT2D eigenvalue weighted by Gasteiger charge is 2.18. The number of ketones is 1. The minimum absolute atomic E-state index is 0.137. The highest BCUT2D eigenvalue weighted by molar-refractivity contribution is 5.96. The van der Waals surface area contributed by atoms with Gasteiger partial charge in [0.2, 0.25) is 0 Å². The number of nitrogens with zero attached hydrogens (tertiary/aromatic N) is 2. The van der Waals surface area contributed by atoms with Gasteiger partial charge < -0.3 is 0 Å². The van der Waals surface area contributed by atoms with Crippen LogP contribution in [0, 0.1) is 0 Å². The van der Waals surface area contributed by atoms with Crippen LogP contribution in [0.15, 0.2) is 30.3 Å². The highest BCUT2D eigenvalue weighted by atomic mass is 16.1. The number of hydrogen-bond donors (Lipinski definition) is 0. The Hall–Kier alpha value is -1.90. The molecule has 0 saturated heterocycles. The van der Waals surface area contributed by atoms with Crippen molar-refractivity contribution in [1.29, 1.82) is 0 Å². The van der Waals surface area contributed by atoms with Gasteiger partial charge in [-0.25, -0.2) is 0 Å². The fourth-order valence-corrected chi connectivity index (χ4v) is 2.83. The Morgan fingerprint density at radius 1 is 1.14 bits per heavy atom. The summed E-state index contributed by atoms with van der Waals surface area (Å²) >= 11 is 0. The minimum Gasteiger partial charge on any atom is -0.294 e. The van der Waals surface area contributed by atoms with Crippen molar-refractivity contribution in [3.8, 4) is 0 Å². The number of carbonyl (C=O) groups is 1. The molecule has 3 nitrogen and oxygen atoms in total. The summed E-state index contributed by atoms with van der Waals surface area (Å²) in [5.74, 6) is 0.137. The number of carbonyl (C=O) groups excluding carboxylic acids is 1. The smallest absolute Gasteiger partial charge is 0.163 e. The van der Waals surface area contributed by atoms with Gasteiger partial charge in [-0.3, -0.25) is 9.48 Å². The lowest BCUT2D eigenvalue weighted by Gasteiger charge is -2.07. The van der Waals surface area contributed by atoms with E-state index in [9.17, 15) is 4.79 Å². The maximum absolute atomic E-state index is 11.9. The Morgan fingerprint density at radius 2 is 1.86 bits per heavy atom. The van der Waals surface area contributed by atoms with E-state index in [1.165, 1.54) is 5.56 Å². The standard InChI is InChI=1S/C18H24N2O/c1-4-16-18(14(3)21)17(5-2)20(19-16)13-9-12-15-10-7-6-8-11-15/h6-8,10-11H,4-5,9,12-13H2,1-3H3. The van der Waals surface area contributed by atoms with Gasteiger partial charge in [0.15, 0.2) is 5.78 Å². The summed E-state index contributed by atoms with van der Waals surface area (Å²) in [6.07, 6.45) is 3.75. The summed E-state index contributed by atoms with van der Waals surface area (Å²) in [7, 11) is 0. The normalized spacial score (nSPS) is 10.8. The predicted molar refractivity (Wildman–Crippen MR) is 85.8 cm³/mol. The third-order valence-electron chi connectivity index (χ3n) is 3.83. The molecule has 1 aromatic heterocycles. The zero-order chi connectivity index (χ0) is 15.2. The minimum atomic E-state index is 0.137. The molecule has 0 fully saturated rings. The summed E-state index contributed by atoms with van der Waals surface area (Å²) < 4.78 is 2.04. The van der Waals surface area contributed by atoms with Gasteiger partial charge >= 0.3 is 0 Å². The van der Waals surface area contributed by atoms with Crippen molar-refractivity contribution in [2.75, 3.05) is 0 Å². The van der Waals surface area contributed by atoms with Crippen LogP contribution in [-0.2, 0) is 25.8 Å². The Balaban J connectivity index is 2.11. The van der Waals surface area contributed by atoms with E-state index < -0.39 is 0 Å². The van der Waals surface area contributed by atoms with Gasteiger partial charge in [0, 0.05) is 12.2 Å². The first-order valence-corrected chi connectivity index (χ1v) is 7.80. The SMILES string of the molecule is CCc1nn(CCCc2ccccc2)c(CC)c1C(C)=O. The maximum atomic E-state index is 11.9. The highest BCUT2D eigenvalue weighted by Crippen LogP contribution is 2.18. The summed E-state index contributed by atoms with van der Waals surface area (Å²) in [4.78, 5) is 11.9. The quantitative estimate of drug-likeness (QED) is 0.724. The fourth-order valence-electron chi connectivity index (χ4n) is 2.83. The molecule has 0 spiro atoms. The number of hydrogen-bond acceptors (Lipinski definition) is 2. The molecule has 0 radical (unpaired) electrons. The summed E-state index contributed by atoms with van der Waals surface area (Å²) in [5.41, 5.74) is 4.23. The van der Waals surface area contributed by atoms with E-state index in [0.29, 0.717) is 0 Å². The second kappa shape index (κ2) is 7.21. The molecular weight excluding hydrogens is 260 g/mol. The lowest BCUT2D eigenvalue weighted by Crippen LogP contribution is -2.07. The molecule has 2 rings (SSSR count). The van der Waals surface area contributed by atoms with Crippen LogP contribution in [0.1, 0.15) is 54.5 Å². The Bertz CT molecular complexity index is 599. The molecule has 0 saturated carbocycles. The summed E-state index contributed by atoms with van der Waals surface area (Å²) in [5, 5.41) is 4.65. The fraction of sp³-hybridized carbons (Fsp3) is 0.444. The second-order valence-corrected chi connectivity index (χ2v) is 5.34. The van der Waals surface area contributed by atoms with Crippen LogP contribution >= 0.6 is 0 Å². The largest absolute Gasteiger partial charge is 0.294 e. The molecule has 0 aliphatic heterocycles. The van der Waals surface area contributed by atoms with E-state index in [2.05, 4.69) is 43.2 Å². The van der Waals surface area contributed by atoms with Gasteiger partial charge in [-0.15, -0.1) is 0 Å². The van der Waals surface area contributed by atoms with Crippen LogP contribution < -0.4 is 0 Å². The topological polar surface area (TPSA) is 34.9 Å². The predicted octanol–water partition coefficient (Wildman–Crippen LogP) is 3.84. The van der Waals surface area contributed by atoms with Gasteiger partial charge in [0.25, 0.3) is 0 Å². The number of aryl methyl sites for hydroxylation is 3. The molecule has 0 atom stereocenters. The Kier molecular flexibility index (Phi) is 5.32. The molecule has 0 amide bonds. The molecule has 0 unspecified atom stereocenters. The monoisotopic (exact) mass is 284 g/mol. The number of benzene rings is 1. The number of rotatable bonds is 7. The molecule has 0 aliphatic rings. The van der Waals surface area contributed by atoms with Crippen molar-refractivity contribution in [2.24, 2.45) is 0 Å². The maximum Gasteiger partial charge on any atom is 0.163 e. The van der Waals surface area contributed by atoms with E-state index in [4.69, 9.17) is 0 Å². The first-order valence-electron chi connectivity index (χ1n) is 7.80. The van der Waals surface area contributed by atoms with Crippen LogP contribution in [0.2, 0.25) is 0 Å². The molecule has 0 aliphatic carbocycles. The second-order valence-electron chi connectivity index (χ2n) is 5.34. The molecule has 3 heteroatoms. The van der Waals surface area contributed by atoms with Gasteiger partial charge in [0.1, 0.15) is 0 Å². The van der Waals surface area contributed by atoms with Crippen LogP contribution in [0.4, 0.5) is 0 Å². The molecule has 112 valence electrons. The Morgan fingerprint density at radius 3 is 2.43 bits per heavy atom. The molecule has 0 N–H and O–H groups in total. The summed E-state index contributed by atoms with van der Waals surface area (Å²) in [6, 6.07) is 10.5. The van der Waals surface area contributed by atoms with Crippen LogP contribution in [-0.4, -0.2) is 15.6 Å².